The van der Waals surface area contributed by atoms with E-state index in [4.69, 9.17) is 5.26 Å². The summed E-state index contributed by atoms with van der Waals surface area (Å²) in [5.74, 6) is 0. The van der Waals surface area contributed by atoms with E-state index in [-0.39, 0.29) is 5.56 Å². The molecule has 0 aliphatic rings. The molecule has 0 radical (unpaired) electrons. The van der Waals surface area contributed by atoms with Crippen LogP contribution in [0.1, 0.15) is 23.1 Å². The molecular weight excluding hydrogens is 240 g/mol. The van der Waals surface area contributed by atoms with Crippen LogP contribution in [0.5, 0.6) is 0 Å². The molecule has 0 saturated carbocycles. The molecule has 1 nitrogen and oxygen atoms in total. The Kier molecular flexibility index (Phi) is 3.38. The molecule has 1 aromatic rings. The molecule has 0 aromatic heterocycles. The Balaban J connectivity index is 3.15. The van der Waals surface area contributed by atoms with Gasteiger partial charge in [0.2, 0.25) is 0 Å². The lowest BCUT2D eigenvalue weighted by molar-refractivity contribution is 0.151. The minimum absolute atomic E-state index is 0.110. The van der Waals surface area contributed by atoms with Gasteiger partial charge in [0.05, 0.1) is 11.6 Å². The van der Waals surface area contributed by atoms with Crippen molar-refractivity contribution in [1.29, 1.82) is 5.26 Å². The second kappa shape index (κ2) is 4.33. The molecule has 0 N–H and O–H groups in total. The third-order valence-electron chi connectivity index (χ3n) is 1.65. The molecule has 0 amide bonds. The third-order valence-corrected chi connectivity index (χ3v) is 2.25. The van der Waals surface area contributed by atoms with Gasteiger partial charge in [0.15, 0.2) is 0 Å². The van der Waals surface area contributed by atoms with Crippen molar-refractivity contribution in [1.82, 2.24) is 0 Å². The maximum Gasteiger partial charge on any atom is 0.263 e. The molecule has 0 saturated heterocycles. The fourth-order valence-electron chi connectivity index (χ4n) is 0.950. The molecule has 0 atom stereocenters. The predicted molar refractivity (Wildman–Crippen MR) is 48.7 cm³/mol. The number of benzene rings is 1. The number of alkyl halides is 3. The third kappa shape index (κ3) is 2.25. The second-order valence-electron chi connectivity index (χ2n) is 2.46. The molecular formula is C9H6BrF2N. The van der Waals surface area contributed by atoms with Gasteiger partial charge in [-0.15, -0.1) is 0 Å². The van der Waals surface area contributed by atoms with Gasteiger partial charge in [-0.25, -0.2) is 8.78 Å². The largest absolute Gasteiger partial charge is 0.263 e. The Morgan fingerprint density at radius 2 is 2.15 bits per heavy atom. The molecule has 0 spiro atoms. The molecule has 0 aliphatic heterocycles. The zero-order chi connectivity index (χ0) is 9.84. The van der Waals surface area contributed by atoms with Crippen LogP contribution < -0.4 is 0 Å². The van der Waals surface area contributed by atoms with Gasteiger partial charge in [-0.05, 0) is 11.6 Å². The van der Waals surface area contributed by atoms with E-state index in [1.54, 1.807) is 0 Å². The van der Waals surface area contributed by atoms with Crippen LogP contribution in [0.4, 0.5) is 8.78 Å². The number of nitrogens with zero attached hydrogens (tertiary/aromatic N) is 1. The summed E-state index contributed by atoms with van der Waals surface area (Å²) in [7, 11) is 0. The molecule has 0 bridgehead atoms. The Morgan fingerprint density at radius 3 is 2.62 bits per heavy atom. The average Bonchev–Trinajstić information content (AvgIpc) is 2.16. The smallest absolute Gasteiger partial charge is 0.205 e. The number of nitriles is 1. The summed E-state index contributed by atoms with van der Waals surface area (Å²) in [5.41, 5.74) is 0.919. The van der Waals surface area contributed by atoms with Gasteiger partial charge in [-0.2, -0.15) is 5.26 Å². The van der Waals surface area contributed by atoms with Crippen LogP contribution in [0.15, 0.2) is 18.2 Å². The van der Waals surface area contributed by atoms with Crippen molar-refractivity contribution < 1.29 is 8.78 Å². The van der Waals surface area contributed by atoms with Crippen molar-refractivity contribution in [2.75, 3.05) is 0 Å². The van der Waals surface area contributed by atoms with Gasteiger partial charge in [-0.1, -0.05) is 28.1 Å². The first kappa shape index (κ1) is 10.1. The van der Waals surface area contributed by atoms with Crippen molar-refractivity contribution in [3.8, 4) is 6.07 Å². The summed E-state index contributed by atoms with van der Waals surface area (Å²) in [6, 6.07) is 5.97. The number of hydrogen-bond donors (Lipinski definition) is 0. The fraction of sp³-hybridized carbons (Fsp3) is 0.222. The topological polar surface area (TPSA) is 23.8 Å². The summed E-state index contributed by atoms with van der Waals surface area (Å²) < 4.78 is 24.4. The molecule has 0 fully saturated rings. The maximum atomic E-state index is 12.2. The molecule has 68 valence electrons. The second-order valence-corrected chi connectivity index (χ2v) is 3.02. The standard InChI is InChI=1S/C9H6BrF2N/c10-4-7-2-1-6(9(11)12)3-8(7)5-13/h1-3,9H,4H2. The Labute approximate surface area is 83.1 Å². The molecule has 0 heterocycles. The average molecular weight is 246 g/mol. The van der Waals surface area contributed by atoms with Crippen LogP contribution in [0.3, 0.4) is 0 Å². The zero-order valence-corrected chi connectivity index (χ0v) is 8.18. The molecule has 4 heteroatoms. The first-order valence-corrected chi connectivity index (χ1v) is 4.68. The van der Waals surface area contributed by atoms with Gasteiger partial charge >= 0.3 is 0 Å². The van der Waals surface area contributed by atoms with E-state index in [1.165, 1.54) is 18.2 Å². The number of rotatable bonds is 2. The van der Waals surface area contributed by atoms with Crippen LogP contribution >= 0.6 is 15.9 Å². The van der Waals surface area contributed by atoms with E-state index in [0.29, 0.717) is 10.9 Å². The van der Waals surface area contributed by atoms with Crippen molar-refractivity contribution in [2.24, 2.45) is 0 Å². The maximum absolute atomic E-state index is 12.2. The van der Waals surface area contributed by atoms with E-state index in [1.807, 2.05) is 6.07 Å². The lowest BCUT2D eigenvalue weighted by Gasteiger charge is -2.03. The molecule has 13 heavy (non-hydrogen) atoms. The van der Waals surface area contributed by atoms with Crippen molar-refractivity contribution in [3.05, 3.63) is 34.9 Å². The lowest BCUT2D eigenvalue weighted by atomic mass is 10.1. The Bertz CT molecular complexity index is 344. The SMILES string of the molecule is N#Cc1cc(C(F)F)ccc1CBr. The quantitative estimate of drug-likeness (QED) is 0.733. The van der Waals surface area contributed by atoms with Crippen LogP contribution in [-0.4, -0.2) is 0 Å². The summed E-state index contributed by atoms with van der Waals surface area (Å²) >= 11 is 3.17. The van der Waals surface area contributed by atoms with E-state index in [9.17, 15) is 8.78 Å². The molecule has 1 aromatic carbocycles. The van der Waals surface area contributed by atoms with Gasteiger partial charge < -0.3 is 0 Å². The molecule has 0 unspecified atom stereocenters. The highest BCUT2D eigenvalue weighted by atomic mass is 79.9. The summed E-state index contributed by atoms with van der Waals surface area (Å²) in [4.78, 5) is 0. The normalized spacial score (nSPS) is 10.1. The van der Waals surface area contributed by atoms with Gasteiger partial charge in [0.1, 0.15) is 0 Å². The molecule has 1 rings (SSSR count). The van der Waals surface area contributed by atoms with Gasteiger partial charge in [0, 0.05) is 10.9 Å². The monoisotopic (exact) mass is 245 g/mol. The number of halogens is 3. The van der Waals surface area contributed by atoms with Crippen molar-refractivity contribution >= 4 is 15.9 Å². The summed E-state index contributed by atoms with van der Waals surface area (Å²) in [6.07, 6.45) is -2.52. The zero-order valence-electron chi connectivity index (χ0n) is 6.60. The van der Waals surface area contributed by atoms with E-state index < -0.39 is 6.43 Å². The molecule has 0 aliphatic carbocycles. The van der Waals surface area contributed by atoms with Crippen LogP contribution in [-0.2, 0) is 5.33 Å². The highest BCUT2D eigenvalue weighted by Crippen LogP contribution is 2.22. The van der Waals surface area contributed by atoms with Crippen LogP contribution in [0, 0.1) is 11.3 Å². The predicted octanol–water partition coefficient (Wildman–Crippen LogP) is 3.39. The van der Waals surface area contributed by atoms with Gasteiger partial charge in [-0.3, -0.25) is 0 Å². The Hall–Kier alpha value is -0.950. The fourth-order valence-corrected chi connectivity index (χ4v) is 1.44. The first-order valence-electron chi connectivity index (χ1n) is 3.56. The Morgan fingerprint density at radius 1 is 1.46 bits per heavy atom. The minimum atomic E-state index is -2.52. The highest BCUT2D eigenvalue weighted by molar-refractivity contribution is 9.08. The van der Waals surface area contributed by atoms with Crippen molar-refractivity contribution in [3.63, 3.8) is 0 Å². The summed E-state index contributed by atoms with van der Waals surface area (Å²) in [5, 5.41) is 9.14. The minimum Gasteiger partial charge on any atom is -0.205 e. The van der Waals surface area contributed by atoms with Crippen LogP contribution in [0.2, 0.25) is 0 Å². The summed E-state index contributed by atoms with van der Waals surface area (Å²) in [6.45, 7) is 0. The first-order chi connectivity index (χ1) is 6.19. The highest BCUT2D eigenvalue weighted by Gasteiger charge is 2.09. The number of hydrogen-bond acceptors (Lipinski definition) is 1. The van der Waals surface area contributed by atoms with E-state index >= 15 is 0 Å². The van der Waals surface area contributed by atoms with E-state index in [0.717, 1.165) is 5.56 Å². The van der Waals surface area contributed by atoms with Crippen LogP contribution in [0.25, 0.3) is 0 Å². The van der Waals surface area contributed by atoms with Gasteiger partial charge in [0.25, 0.3) is 6.43 Å². The van der Waals surface area contributed by atoms with Crippen molar-refractivity contribution in [2.45, 2.75) is 11.8 Å². The lowest BCUT2D eigenvalue weighted by Crippen LogP contribution is -1.90. The van der Waals surface area contributed by atoms with E-state index in [2.05, 4.69) is 15.9 Å².